The molecule has 2 aliphatic rings. The van der Waals surface area contributed by atoms with Crippen LogP contribution >= 0.6 is 12.4 Å². The summed E-state index contributed by atoms with van der Waals surface area (Å²) in [7, 11) is 0. The van der Waals surface area contributed by atoms with Crippen LogP contribution in [0.15, 0.2) is 4.52 Å². The minimum atomic E-state index is -2.65. The summed E-state index contributed by atoms with van der Waals surface area (Å²) >= 11 is 0. The summed E-state index contributed by atoms with van der Waals surface area (Å²) in [6.45, 7) is -0.301. The average Bonchev–Trinajstić information content (AvgIpc) is 2.79. The number of nitrogens with one attached hydrogen (secondary N) is 1. The van der Waals surface area contributed by atoms with Gasteiger partial charge < -0.3 is 9.84 Å². The largest absolute Gasteiger partial charge is 0.339 e. The van der Waals surface area contributed by atoms with Gasteiger partial charge in [-0.3, -0.25) is 0 Å². The number of aromatic nitrogens is 2. The van der Waals surface area contributed by atoms with Crippen LogP contribution in [0, 0.1) is 0 Å². The van der Waals surface area contributed by atoms with Crippen LogP contribution in [0.4, 0.5) is 8.78 Å². The van der Waals surface area contributed by atoms with E-state index in [-0.39, 0.29) is 25.4 Å². The van der Waals surface area contributed by atoms with Crippen molar-refractivity contribution >= 4 is 12.4 Å². The highest BCUT2D eigenvalue weighted by Gasteiger charge is 2.42. The molecular formula is C9H12ClF2N3O. The van der Waals surface area contributed by atoms with Gasteiger partial charge in [0.2, 0.25) is 5.89 Å². The van der Waals surface area contributed by atoms with E-state index in [1.807, 2.05) is 0 Å². The Morgan fingerprint density at radius 3 is 2.69 bits per heavy atom. The van der Waals surface area contributed by atoms with E-state index >= 15 is 0 Å². The fraction of sp³-hybridized carbons (Fsp3) is 0.778. The molecule has 0 amide bonds. The summed E-state index contributed by atoms with van der Waals surface area (Å²) in [6.07, 6.45) is 1.89. The second kappa shape index (κ2) is 3.92. The Morgan fingerprint density at radius 2 is 2.12 bits per heavy atom. The van der Waals surface area contributed by atoms with E-state index in [4.69, 9.17) is 4.52 Å². The molecule has 1 saturated heterocycles. The fourth-order valence-electron chi connectivity index (χ4n) is 1.78. The number of alkyl halides is 2. The predicted molar refractivity (Wildman–Crippen MR) is 53.8 cm³/mol. The van der Waals surface area contributed by atoms with Crippen molar-refractivity contribution in [1.82, 2.24) is 15.5 Å². The van der Waals surface area contributed by atoms with Gasteiger partial charge in [-0.25, -0.2) is 8.78 Å². The van der Waals surface area contributed by atoms with Crippen LogP contribution in [0.1, 0.15) is 42.9 Å². The molecule has 2 heterocycles. The maximum absolute atomic E-state index is 12.9. The van der Waals surface area contributed by atoms with Crippen molar-refractivity contribution in [3.63, 3.8) is 0 Å². The van der Waals surface area contributed by atoms with Gasteiger partial charge in [-0.1, -0.05) is 5.16 Å². The van der Waals surface area contributed by atoms with Gasteiger partial charge >= 0.3 is 0 Å². The second-order valence-corrected chi connectivity index (χ2v) is 4.26. The second-order valence-electron chi connectivity index (χ2n) is 4.26. The Morgan fingerprint density at radius 1 is 1.38 bits per heavy atom. The molecule has 1 N–H and O–H groups in total. The highest BCUT2D eigenvalue weighted by Crippen LogP contribution is 2.40. The molecule has 0 spiro atoms. The number of halogens is 3. The molecule has 0 aromatic carbocycles. The molecule has 1 aliphatic heterocycles. The Labute approximate surface area is 97.2 Å². The van der Waals surface area contributed by atoms with Crippen LogP contribution in [-0.2, 0) is 0 Å². The minimum Gasteiger partial charge on any atom is -0.339 e. The molecule has 4 nitrogen and oxygen atoms in total. The summed E-state index contributed by atoms with van der Waals surface area (Å²) in [4.78, 5) is 4.15. The van der Waals surface area contributed by atoms with Gasteiger partial charge in [-0.15, -0.1) is 12.4 Å². The number of hydrogen-bond donors (Lipinski definition) is 1. The standard InChI is InChI=1S/C9H11F2N3O.ClH/c10-9(11)3-6(12-4-9)7-13-8(15-14-7)5-1-2-5;/h5-6,12H,1-4H2;1H. The van der Waals surface area contributed by atoms with E-state index in [1.165, 1.54) is 0 Å². The van der Waals surface area contributed by atoms with Crippen LogP contribution in [0.3, 0.4) is 0 Å². The van der Waals surface area contributed by atoms with Gasteiger partial charge in [0, 0.05) is 12.3 Å². The highest BCUT2D eigenvalue weighted by molar-refractivity contribution is 5.85. The van der Waals surface area contributed by atoms with Gasteiger partial charge in [-0.05, 0) is 12.8 Å². The van der Waals surface area contributed by atoms with Crippen molar-refractivity contribution < 1.29 is 13.3 Å². The molecule has 1 atom stereocenters. The SMILES string of the molecule is Cl.FC1(F)CNC(c2noc(C3CC3)n2)C1. The third-order valence-electron chi connectivity index (χ3n) is 2.81. The van der Waals surface area contributed by atoms with E-state index in [0.29, 0.717) is 17.6 Å². The van der Waals surface area contributed by atoms with Crippen molar-refractivity contribution in [2.75, 3.05) is 6.54 Å². The summed E-state index contributed by atoms with van der Waals surface area (Å²) < 4.78 is 30.8. The number of nitrogens with zero attached hydrogens (tertiary/aromatic N) is 2. The molecule has 0 radical (unpaired) electrons. The third kappa shape index (κ3) is 2.17. The van der Waals surface area contributed by atoms with Gasteiger partial charge in [0.15, 0.2) is 5.82 Å². The Kier molecular flexibility index (Phi) is 2.88. The van der Waals surface area contributed by atoms with E-state index in [2.05, 4.69) is 15.5 Å². The third-order valence-corrected chi connectivity index (χ3v) is 2.81. The summed E-state index contributed by atoms with van der Waals surface area (Å²) in [5, 5.41) is 6.44. The molecule has 16 heavy (non-hydrogen) atoms. The smallest absolute Gasteiger partial charge is 0.262 e. The molecule has 7 heteroatoms. The number of hydrogen-bond acceptors (Lipinski definition) is 4. The predicted octanol–water partition coefficient (Wildman–Crippen LogP) is 2.04. The lowest BCUT2D eigenvalue weighted by Gasteiger charge is -2.04. The Bertz CT molecular complexity index is 381. The molecular weight excluding hydrogens is 240 g/mol. The normalized spacial score (nSPS) is 27.8. The monoisotopic (exact) mass is 251 g/mol. The zero-order valence-electron chi connectivity index (χ0n) is 8.45. The molecule has 1 saturated carbocycles. The van der Waals surface area contributed by atoms with Gasteiger partial charge in [0.25, 0.3) is 5.92 Å². The van der Waals surface area contributed by atoms with Crippen LogP contribution in [-0.4, -0.2) is 22.6 Å². The molecule has 1 aromatic rings. The first-order valence-corrected chi connectivity index (χ1v) is 5.09. The lowest BCUT2D eigenvalue weighted by atomic mass is 10.2. The minimum absolute atomic E-state index is 0. The van der Waals surface area contributed by atoms with Gasteiger partial charge in [0.05, 0.1) is 12.6 Å². The van der Waals surface area contributed by atoms with E-state index in [9.17, 15) is 8.78 Å². The molecule has 90 valence electrons. The first kappa shape index (κ1) is 11.7. The molecule has 1 aliphatic carbocycles. The van der Waals surface area contributed by atoms with E-state index < -0.39 is 12.0 Å². The van der Waals surface area contributed by atoms with Crippen molar-refractivity contribution in [3.05, 3.63) is 11.7 Å². The first-order chi connectivity index (χ1) is 7.14. The molecule has 1 aromatic heterocycles. The van der Waals surface area contributed by atoms with Crippen molar-refractivity contribution in [3.8, 4) is 0 Å². The highest BCUT2D eigenvalue weighted by atomic mass is 35.5. The summed E-state index contributed by atoms with van der Waals surface area (Å²) in [6, 6.07) is -0.462. The lowest BCUT2D eigenvalue weighted by molar-refractivity contribution is 0.0207. The Balaban J connectivity index is 0.000000963. The van der Waals surface area contributed by atoms with Crippen LogP contribution < -0.4 is 5.32 Å². The van der Waals surface area contributed by atoms with Gasteiger partial charge in [-0.2, -0.15) is 4.98 Å². The van der Waals surface area contributed by atoms with Crippen molar-refractivity contribution in [1.29, 1.82) is 0 Å². The van der Waals surface area contributed by atoms with Gasteiger partial charge in [0.1, 0.15) is 0 Å². The van der Waals surface area contributed by atoms with Crippen molar-refractivity contribution in [2.24, 2.45) is 0 Å². The van der Waals surface area contributed by atoms with Crippen LogP contribution in [0.5, 0.6) is 0 Å². The topological polar surface area (TPSA) is 51.0 Å². The average molecular weight is 252 g/mol. The lowest BCUT2D eigenvalue weighted by Crippen LogP contribution is -2.19. The fourth-order valence-corrected chi connectivity index (χ4v) is 1.78. The molecule has 1 unspecified atom stereocenters. The number of rotatable bonds is 2. The molecule has 2 fully saturated rings. The summed E-state index contributed by atoms with van der Waals surface area (Å²) in [5.74, 6) is -1.31. The van der Waals surface area contributed by atoms with Crippen LogP contribution in [0.25, 0.3) is 0 Å². The first-order valence-electron chi connectivity index (χ1n) is 5.09. The quantitative estimate of drug-likeness (QED) is 0.874. The summed E-state index contributed by atoms with van der Waals surface area (Å²) in [5.41, 5.74) is 0. The Hall–Kier alpha value is -0.750. The zero-order chi connectivity index (χ0) is 10.5. The molecule has 0 bridgehead atoms. The van der Waals surface area contributed by atoms with E-state index in [0.717, 1.165) is 12.8 Å². The van der Waals surface area contributed by atoms with Crippen LogP contribution in [0.2, 0.25) is 0 Å². The maximum atomic E-state index is 12.9. The zero-order valence-corrected chi connectivity index (χ0v) is 9.27. The maximum Gasteiger partial charge on any atom is 0.262 e. The van der Waals surface area contributed by atoms with E-state index in [1.54, 1.807) is 0 Å². The van der Waals surface area contributed by atoms with Crippen molar-refractivity contribution in [2.45, 2.75) is 37.1 Å². The molecule has 3 rings (SSSR count).